The molecule has 1 aliphatic rings. The van der Waals surface area contributed by atoms with Gasteiger partial charge in [-0.1, -0.05) is 12.1 Å². The molecule has 0 unspecified atom stereocenters. The predicted octanol–water partition coefficient (Wildman–Crippen LogP) is 1.16. The summed E-state index contributed by atoms with van der Waals surface area (Å²) in [5.41, 5.74) is 1.25. The molecular weight excluding hydrogens is 297 g/mol. The first-order valence-corrected chi connectivity index (χ1v) is 7.62. The Morgan fingerprint density at radius 1 is 1.35 bits per heavy atom. The Morgan fingerprint density at radius 2 is 2.09 bits per heavy atom. The van der Waals surface area contributed by atoms with Crippen LogP contribution in [0.3, 0.4) is 0 Å². The maximum absolute atomic E-state index is 12.0. The van der Waals surface area contributed by atoms with Crippen molar-refractivity contribution in [2.24, 2.45) is 0 Å². The molecule has 2 N–H and O–H groups in total. The van der Waals surface area contributed by atoms with Crippen LogP contribution in [0.5, 0.6) is 5.75 Å². The van der Waals surface area contributed by atoms with Crippen molar-refractivity contribution in [1.29, 1.82) is 0 Å². The maximum Gasteiger partial charge on any atom is 0.526 e. The van der Waals surface area contributed by atoms with Crippen LogP contribution in [0.15, 0.2) is 18.2 Å². The van der Waals surface area contributed by atoms with E-state index in [1.54, 1.807) is 12.1 Å². The highest BCUT2D eigenvalue weighted by atomic mass is 16.5. The van der Waals surface area contributed by atoms with Crippen molar-refractivity contribution in [2.45, 2.75) is 38.4 Å². The van der Waals surface area contributed by atoms with Gasteiger partial charge < -0.3 is 15.0 Å². The number of carbonyl (C=O) groups is 3. The molecule has 1 heterocycles. The normalized spacial score (nSPS) is 16.3. The van der Waals surface area contributed by atoms with Gasteiger partial charge in [0.2, 0.25) is 5.91 Å². The maximum atomic E-state index is 12.0. The van der Waals surface area contributed by atoms with Gasteiger partial charge in [-0.25, -0.2) is 0 Å². The van der Waals surface area contributed by atoms with Crippen molar-refractivity contribution in [3.63, 3.8) is 0 Å². The first-order chi connectivity index (χ1) is 10.9. The number of para-hydroxylation sites is 1. The molecule has 0 bridgehead atoms. The molecule has 1 amide bonds. The minimum atomic E-state index is -1.13. The molecular formula is C16H20BNO5. The second kappa shape index (κ2) is 7.41. The highest BCUT2D eigenvalue weighted by Crippen LogP contribution is 2.36. The summed E-state index contributed by atoms with van der Waals surface area (Å²) in [6.07, 6.45) is 0.887. The third-order valence-corrected chi connectivity index (χ3v) is 4.00. The standard InChI is InChI=1S/C16H20BNO5/c1-10(19)14-5-3-4-11-8-12(17(22)23-16(11)14)9-13(20)6-7-15(21)18-2/h3-5,12,22H,6-9H2,1-2H3,(H,18,21)/t12-/m1/s1. The number of hydrogen-bond acceptors (Lipinski definition) is 5. The lowest BCUT2D eigenvalue weighted by Gasteiger charge is -2.28. The molecule has 0 radical (unpaired) electrons. The minimum Gasteiger partial charge on any atom is -0.535 e. The van der Waals surface area contributed by atoms with Gasteiger partial charge in [-0.2, -0.15) is 0 Å². The second-order valence-electron chi connectivity index (χ2n) is 5.74. The van der Waals surface area contributed by atoms with Gasteiger partial charge in [-0.05, 0) is 25.0 Å². The number of fused-ring (bicyclic) bond motifs is 1. The van der Waals surface area contributed by atoms with E-state index < -0.39 is 7.12 Å². The lowest BCUT2D eigenvalue weighted by atomic mass is 9.64. The minimum absolute atomic E-state index is 0.0903. The number of Topliss-reactive ketones (excluding diaryl/α,β-unsaturated/α-hetero) is 2. The Bertz CT molecular complexity index is 631. The molecule has 1 atom stereocenters. The number of rotatable bonds is 6. The number of ketones is 2. The van der Waals surface area contributed by atoms with E-state index in [9.17, 15) is 19.4 Å². The van der Waals surface area contributed by atoms with Crippen LogP contribution in [0, 0.1) is 0 Å². The largest absolute Gasteiger partial charge is 0.535 e. The van der Waals surface area contributed by atoms with Crippen molar-refractivity contribution in [3.8, 4) is 5.75 Å². The lowest BCUT2D eigenvalue weighted by molar-refractivity contribution is -0.125. The van der Waals surface area contributed by atoms with E-state index in [2.05, 4.69) is 5.32 Å². The summed E-state index contributed by atoms with van der Waals surface area (Å²) >= 11 is 0. The average molecular weight is 317 g/mol. The Balaban J connectivity index is 2.04. The monoisotopic (exact) mass is 317 g/mol. The van der Waals surface area contributed by atoms with Gasteiger partial charge in [0.1, 0.15) is 11.5 Å². The lowest BCUT2D eigenvalue weighted by Crippen LogP contribution is -2.35. The zero-order valence-corrected chi connectivity index (χ0v) is 13.3. The Kier molecular flexibility index (Phi) is 5.55. The van der Waals surface area contributed by atoms with Crippen LogP contribution in [0.4, 0.5) is 0 Å². The van der Waals surface area contributed by atoms with Gasteiger partial charge in [0.15, 0.2) is 5.78 Å². The topological polar surface area (TPSA) is 92.7 Å². The molecule has 2 rings (SSSR count). The molecule has 1 aromatic rings. The van der Waals surface area contributed by atoms with Gasteiger partial charge in [-0.3, -0.25) is 14.4 Å². The molecule has 122 valence electrons. The molecule has 1 aromatic carbocycles. The molecule has 23 heavy (non-hydrogen) atoms. The van der Waals surface area contributed by atoms with Crippen LogP contribution < -0.4 is 9.97 Å². The van der Waals surface area contributed by atoms with E-state index in [4.69, 9.17) is 4.65 Å². The summed E-state index contributed by atoms with van der Waals surface area (Å²) in [4.78, 5) is 34.7. The molecule has 6 nitrogen and oxygen atoms in total. The molecule has 0 saturated carbocycles. The highest BCUT2D eigenvalue weighted by Gasteiger charge is 2.37. The Hall–Kier alpha value is -2.15. The molecule has 0 fully saturated rings. The fourth-order valence-corrected chi connectivity index (χ4v) is 2.71. The van der Waals surface area contributed by atoms with Gasteiger partial charge in [0.25, 0.3) is 0 Å². The SMILES string of the molecule is CNC(=O)CCC(=O)C[C@H]1Cc2cccc(C(C)=O)c2OB1O. The Labute approximate surface area is 135 Å². The van der Waals surface area contributed by atoms with Gasteiger partial charge in [0.05, 0.1) is 5.56 Å². The summed E-state index contributed by atoms with van der Waals surface area (Å²) in [6, 6.07) is 5.25. The van der Waals surface area contributed by atoms with Crippen molar-refractivity contribution >= 4 is 24.6 Å². The van der Waals surface area contributed by atoms with E-state index in [0.717, 1.165) is 5.56 Å². The smallest absolute Gasteiger partial charge is 0.526 e. The van der Waals surface area contributed by atoms with E-state index in [1.807, 2.05) is 6.07 Å². The fourth-order valence-electron chi connectivity index (χ4n) is 2.71. The van der Waals surface area contributed by atoms with Gasteiger partial charge in [0, 0.05) is 32.1 Å². The summed E-state index contributed by atoms with van der Waals surface area (Å²) < 4.78 is 5.49. The number of carbonyl (C=O) groups excluding carboxylic acids is 3. The van der Waals surface area contributed by atoms with Crippen LogP contribution in [-0.4, -0.2) is 36.7 Å². The van der Waals surface area contributed by atoms with Crippen LogP contribution in [0.2, 0.25) is 5.82 Å². The third-order valence-electron chi connectivity index (χ3n) is 4.00. The molecule has 1 aliphatic heterocycles. The molecule has 7 heteroatoms. The van der Waals surface area contributed by atoms with Crippen molar-refractivity contribution in [3.05, 3.63) is 29.3 Å². The van der Waals surface area contributed by atoms with E-state index in [0.29, 0.717) is 17.7 Å². The zero-order valence-electron chi connectivity index (χ0n) is 13.3. The molecule has 0 saturated heterocycles. The quantitative estimate of drug-likeness (QED) is 0.607. The number of nitrogens with one attached hydrogen (secondary N) is 1. The zero-order chi connectivity index (χ0) is 17.0. The summed E-state index contributed by atoms with van der Waals surface area (Å²) in [6.45, 7) is 1.44. The van der Waals surface area contributed by atoms with E-state index >= 15 is 0 Å². The predicted molar refractivity (Wildman–Crippen MR) is 85.4 cm³/mol. The summed E-state index contributed by atoms with van der Waals surface area (Å²) in [7, 11) is 0.390. The first-order valence-electron chi connectivity index (χ1n) is 7.62. The van der Waals surface area contributed by atoms with E-state index in [-0.39, 0.29) is 42.6 Å². The first kappa shape index (κ1) is 17.2. The number of hydrogen-bond donors (Lipinski definition) is 2. The van der Waals surface area contributed by atoms with Crippen LogP contribution in [0.25, 0.3) is 0 Å². The van der Waals surface area contributed by atoms with E-state index in [1.165, 1.54) is 14.0 Å². The fraction of sp³-hybridized carbons (Fsp3) is 0.438. The summed E-state index contributed by atoms with van der Waals surface area (Å²) in [5, 5.41) is 12.6. The molecule has 0 aliphatic carbocycles. The van der Waals surface area contributed by atoms with Crippen molar-refractivity contribution < 1.29 is 24.1 Å². The Morgan fingerprint density at radius 3 is 2.74 bits per heavy atom. The van der Waals surface area contributed by atoms with Crippen molar-refractivity contribution in [1.82, 2.24) is 5.32 Å². The number of benzene rings is 1. The second-order valence-corrected chi connectivity index (χ2v) is 5.74. The van der Waals surface area contributed by atoms with Crippen LogP contribution >= 0.6 is 0 Å². The van der Waals surface area contributed by atoms with Gasteiger partial charge >= 0.3 is 7.12 Å². The highest BCUT2D eigenvalue weighted by molar-refractivity contribution is 6.47. The average Bonchev–Trinajstić information content (AvgIpc) is 2.52. The van der Waals surface area contributed by atoms with Crippen molar-refractivity contribution in [2.75, 3.05) is 7.05 Å². The summed E-state index contributed by atoms with van der Waals surface area (Å²) in [5.74, 6) is -0.375. The van der Waals surface area contributed by atoms with Crippen LogP contribution in [0.1, 0.15) is 42.1 Å². The molecule has 0 aromatic heterocycles. The number of amides is 1. The van der Waals surface area contributed by atoms with Crippen LogP contribution in [-0.2, 0) is 16.0 Å². The third kappa shape index (κ3) is 4.19. The molecule has 0 spiro atoms. The van der Waals surface area contributed by atoms with Gasteiger partial charge in [-0.15, -0.1) is 0 Å².